The van der Waals surface area contributed by atoms with Crippen LogP contribution < -0.4 is 5.11 Å². The molecule has 0 amide bonds. The van der Waals surface area contributed by atoms with Gasteiger partial charge in [-0.15, -0.1) is 0 Å². The molecule has 0 aromatic heterocycles. The van der Waals surface area contributed by atoms with Crippen LogP contribution in [0, 0.1) is 0 Å². The molecule has 388 valence electrons. The lowest BCUT2D eigenvalue weighted by Crippen LogP contribution is -2.44. The highest BCUT2D eigenvalue weighted by Crippen LogP contribution is 2.17. The monoisotopic (exact) mass is 934 g/mol. The number of quaternary nitrogens is 1. The maximum Gasteiger partial charge on any atom is 0.306 e. The number of carbonyl (C=O) groups excluding carboxylic acids is 3. The van der Waals surface area contributed by atoms with Crippen LogP contribution in [-0.4, -0.2) is 82.3 Å². The van der Waals surface area contributed by atoms with Crippen molar-refractivity contribution >= 4 is 17.9 Å². The topological polar surface area (TPSA) is 111 Å². The van der Waals surface area contributed by atoms with Crippen LogP contribution in [0.3, 0.4) is 0 Å². The Kier molecular flexibility index (Phi) is 47.5. The quantitative estimate of drug-likeness (QED) is 0.0195. The van der Waals surface area contributed by atoms with E-state index in [0.717, 1.165) is 51.4 Å². The van der Waals surface area contributed by atoms with E-state index in [1.807, 2.05) is 21.1 Å². The largest absolute Gasteiger partial charge is 0.545 e. The molecular weight excluding hydrogens is 827 g/mol. The van der Waals surface area contributed by atoms with E-state index in [4.69, 9.17) is 18.9 Å². The number of unbranched alkanes of at least 4 members (excludes halogenated alkanes) is 33. The number of hydrogen-bond acceptors (Lipinski definition) is 8. The van der Waals surface area contributed by atoms with E-state index in [9.17, 15) is 19.5 Å². The second kappa shape index (κ2) is 49.2. The van der Waals surface area contributed by atoms with Crippen molar-refractivity contribution in [1.82, 2.24) is 0 Å². The molecule has 66 heavy (non-hydrogen) atoms. The third kappa shape index (κ3) is 49.7. The number of carboxylic acid groups (broad SMARTS) is 1. The third-order valence-corrected chi connectivity index (χ3v) is 12.5. The molecule has 9 nitrogen and oxygen atoms in total. The van der Waals surface area contributed by atoms with E-state index < -0.39 is 24.3 Å². The highest BCUT2D eigenvalue weighted by atomic mass is 16.7. The molecule has 2 atom stereocenters. The Morgan fingerprint density at radius 3 is 1.20 bits per heavy atom. The van der Waals surface area contributed by atoms with Crippen molar-refractivity contribution in [2.75, 3.05) is 47.5 Å². The summed E-state index contributed by atoms with van der Waals surface area (Å²) in [5.41, 5.74) is 0. The van der Waals surface area contributed by atoms with Crippen molar-refractivity contribution in [2.24, 2.45) is 0 Å². The minimum Gasteiger partial charge on any atom is -0.545 e. The minimum absolute atomic E-state index is 0.149. The molecule has 0 fully saturated rings. The molecule has 0 aliphatic rings. The van der Waals surface area contributed by atoms with Crippen LogP contribution in [-0.2, 0) is 33.3 Å². The molecule has 0 spiro atoms. The zero-order valence-corrected chi connectivity index (χ0v) is 44.1. The van der Waals surface area contributed by atoms with E-state index in [0.29, 0.717) is 23.9 Å². The number of ether oxygens (including phenoxy) is 4. The number of allylic oxidation sites excluding steroid dienone is 4. The smallest absolute Gasteiger partial charge is 0.306 e. The van der Waals surface area contributed by atoms with Gasteiger partial charge in [0.05, 0.1) is 40.3 Å². The number of hydrogen-bond donors (Lipinski definition) is 0. The summed E-state index contributed by atoms with van der Waals surface area (Å²) in [6.07, 6.45) is 53.6. The molecule has 0 N–H and O–H groups in total. The molecule has 2 unspecified atom stereocenters. The van der Waals surface area contributed by atoms with E-state index >= 15 is 0 Å². The molecule has 0 heterocycles. The lowest BCUT2D eigenvalue weighted by molar-refractivity contribution is -0.870. The second-order valence-electron chi connectivity index (χ2n) is 20.2. The van der Waals surface area contributed by atoms with Gasteiger partial charge < -0.3 is 33.3 Å². The predicted molar refractivity (Wildman–Crippen MR) is 274 cm³/mol. The SMILES string of the molecule is CCCCCCC/C=C\C/C=C\CCCCCCCCCCCC(=O)OC(COC(=O)CCCCCCCCCCCCCCCCCCCCCC)COC(OCC[N+](C)(C)C)C(=O)[O-]. The number of rotatable bonds is 52. The maximum absolute atomic E-state index is 12.8. The van der Waals surface area contributed by atoms with E-state index in [-0.39, 0.29) is 32.2 Å². The number of esters is 2. The first-order valence-corrected chi connectivity index (χ1v) is 28.0. The number of carbonyl (C=O) groups is 3. The Bertz CT molecular complexity index is 1130. The van der Waals surface area contributed by atoms with Crippen LogP contribution in [0.2, 0.25) is 0 Å². The molecule has 0 rings (SSSR count). The van der Waals surface area contributed by atoms with Gasteiger partial charge >= 0.3 is 11.9 Å². The van der Waals surface area contributed by atoms with E-state index in [1.165, 1.54) is 180 Å². The van der Waals surface area contributed by atoms with Crippen molar-refractivity contribution in [3.63, 3.8) is 0 Å². The molecule has 0 radical (unpaired) electrons. The Balaban J connectivity index is 4.26. The molecule has 0 aromatic carbocycles. The summed E-state index contributed by atoms with van der Waals surface area (Å²) in [6, 6.07) is 0. The fourth-order valence-corrected chi connectivity index (χ4v) is 8.10. The molecule has 0 aliphatic heterocycles. The van der Waals surface area contributed by atoms with Crippen molar-refractivity contribution in [3.05, 3.63) is 24.3 Å². The van der Waals surface area contributed by atoms with Crippen LogP contribution in [0.15, 0.2) is 24.3 Å². The Morgan fingerprint density at radius 1 is 0.455 bits per heavy atom. The lowest BCUT2D eigenvalue weighted by atomic mass is 10.0. The fraction of sp³-hybridized carbons (Fsp3) is 0.877. The average molecular weight is 934 g/mol. The summed E-state index contributed by atoms with van der Waals surface area (Å²) in [7, 11) is 5.93. The summed E-state index contributed by atoms with van der Waals surface area (Å²) in [4.78, 5) is 37.2. The van der Waals surface area contributed by atoms with Gasteiger partial charge in [0.25, 0.3) is 0 Å². The predicted octanol–water partition coefficient (Wildman–Crippen LogP) is 14.6. The van der Waals surface area contributed by atoms with E-state index in [1.54, 1.807) is 0 Å². The zero-order chi connectivity index (χ0) is 48.4. The molecular formula is C57H107NO8. The van der Waals surface area contributed by atoms with Gasteiger partial charge in [-0.25, -0.2) is 0 Å². The Labute approximate surface area is 407 Å². The van der Waals surface area contributed by atoms with Gasteiger partial charge in [0.15, 0.2) is 12.4 Å². The van der Waals surface area contributed by atoms with Crippen molar-refractivity contribution in [3.8, 4) is 0 Å². The van der Waals surface area contributed by atoms with Crippen LogP contribution >= 0.6 is 0 Å². The van der Waals surface area contributed by atoms with Gasteiger partial charge in [0.1, 0.15) is 13.2 Å². The Hall–Kier alpha value is -2.23. The normalized spacial score (nSPS) is 12.9. The summed E-state index contributed by atoms with van der Waals surface area (Å²) < 4.78 is 22.7. The maximum atomic E-state index is 12.8. The summed E-state index contributed by atoms with van der Waals surface area (Å²) in [5, 5.41) is 11.8. The van der Waals surface area contributed by atoms with Gasteiger partial charge in [-0.3, -0.25) is 9.59 Å². The van der Waals surface area contributed by atoms with Gasteiger partial charge in [-0.2, -0.15) is 0 Å². The first-order chi connectivity index (χ1) is 32.1. The molecule has 0 aliphatic carbocycles. The fourth-order valence-electron chi connectivity index (χ4n) is 8.10. The first kappa shape index (κ1) is 63.8. The number of likely N-dealkylation sites (N-methyl/N-ethyl adjacent to an activating group) is 1. The highest BCUT2D eigenvalue weighted by molar-refractivity contribution is 5.70. The molecule has 0 aromatic rings. The van der Waals surface area contributed by atoms with Gasteiger partial charge in [0, 0.05) is 12.8 Å². The van der Waals surface area contributed by atoms with Crippen LogP contribution in [0.25, 0.3) is 0 Å². The standard InChI is InChI=1S/C57H107NO8/c1-6-8-10-12-14-16-18-20-22-24-26-28-30-32-34-36-38-40-42-44-46-48-55(60)66-53(52-65-57(56(61)62)63-50-49-58(3,4)5)51-64-54(59)47-45-43-41-39-37-35-33-31-29-27-25-23-21-19-17-15-13-11-9-7-2/h18,20,24,26,53,57H,6-17,19,21-23,25,27-52H2,1-5H3/b20-18-,26-24-. The van der Waals surface area contributed by atoms with Crippen LogP contribution in [0.4, 0.5) is 0 Å². The summed E-state index contributed by atoms with van der Waals surface area (Å²) in [6.45, 7) is 4.77. The van der Waals surface area contributed by atoms with E-state index in [2.05, 4.69) is 38.2 Å². The number of aliphatic carboxylic acids is 1. The van der Waals surface area contributed by atoms with Gasteiger partial charge in [-0.1, -0.05) is 231 Å². The van der Waals surface area contributed by atoms with Crippen molar-refractivity contribution < 1.29 is 42.9 Å². The third-order valence-electron chi connectivity index (χ3n) is 12.5. The Morgan fingerprint density at radius 2 is 0.818 bits per heavy atom. The molecule has 9 heteroatoms. The summed E-state index contributed by atoms with van der Waals surface area (Å²) >= 11 is 0. The minimum atomic E-state index is -1.62. The first-order valence-electron chi connectivity index (χ1n) is 28.0. The lowest BCUT2D eigenvalue weighted by Gasteiger charge is -2.26. The second-order valence-corrected chi connectivity index (χ2v) is 20.2. The van der Waals surface area contributed by atoms with Crippen molar-refractivity contribution in [2.45, 2.75) is 277 Å². The van der Waals surface area contributed by atoms with Crippen LogP contribution in [0.1, 0.15) is 264 Å². The van der Waals surface area contributed by atoms with Gasteiger partial charge in [0.2, 0.25) is 0 Å². The molecule has 0 saturated heterocycles. The van der Waals surface area contributed by atoms with Crippen LogP contribution in [0.5, 0.6) is 0 Å². The number of carboxylic acids is 1. The number of nitrogens with zero attached hydrogens (tertiary/aromatic N) is 1. The molecule has 0 saturated carbocycles. The van der Waals surface area contributed by atoms with Crippen molar-refractivity contribution in [1.29, 1.82) is 0 Å². The van der Waals surface area contributed by atoms with Gasteiger partial charge in [-0.05, 0) is 44.9 Å². The summed E-state index contributed by atoms with van der Waals surface area (Å²) in [5.74, 6) is -2.27. The molecule has 0 bridgehead atoms. The highest BCUT2D eigenvalue weighted by Gasteiger charge is 2.22. The zero-order valence-electron chi connectivity index (χ0n) is 44.1. The average Bonchev–Trinajstić information content (AvgIpc) is 3.28.